The Bertz CT molecular complexity index is 585. The van der Waals surface area contributed by atoms with Gasteiger partial charge in [-0.25, -0.2) is 0 Å². The highest BCUT2D eigenvalue weighted by Crippen LogP contribution is 2.28. The summed E-state index contributed by atoms with van der Waals surface area (Å²) in [5, 5.41) is 6.36. The number of hydrogen-bond donors (Lipinski definition) is 2. The van der Waals surface area contributed by atoms with Crippen LogP contribution in [0.2, 0.25) is 0 Å². The predicted octanol–water partition coefficient (Wildman–Crippen LogP) is 1.70. The van der Waals surface area contributed by atoms with Gasteiger partial charge in [0, 0.05) is 37.9 Å². The standard InChI is InChI=1S/C17H19N3O/c21-17(20-10-13-6-8-18-9-7-13)16-12-19-11-15(16)14-4-2-1-3-5-14/h1-9,15-16,19H,10-12H2,(H,20,21). The van der Waals surface area contributed by atoms with Gasteiger partial charge in [0.25, 0.3) is 0 Å². The van der Waals surface area contributed by atoms with E-state index in [1.54, 1.807) is 12.4 Å². The Hall–Kier alpha value is -2.20. The van der Waals surface area contributed by atoms with Crippen molar-refractivity contribution in [3.05, 3.63) is 66.0 Å². The van der Waals surface area contributed by atoms with Crippen molar-refractivity contribution in [2.24, 2.45) is 5.92 Å². The van der Waals surface area contributed by atoms with Gasteiger partial charge in [0.05, 0.1) is 5.92 Å². The summed E-state index contributed by atoms with van der Waals surface area (Å²) in [4.78, 5) is 16.4. The van der Waals surface area contributed by atoms with E-state index >= 15 is 0 Å². The van der Waals surface area contributed by atoms with Crippen LogP contribution in [-0.4, -0.2) is 24.0 Å². The first-order valence-corrected chi connectivity index (χ1v) is 7.27. The van der Waals surface area contributed by atoms with Gasteiger partial charge in [-0.2, -0.15) is 0 Å². The van der Waals surface area contributed by atoms with E-state index in [4.69, 9.17) is 0 Å². The second-order valence-electron chi connectivity index (χ2n) is 5.36. The Balaban J connectivity index is 1.64. The normalized spacial score (nSPS) is 21.1. The van der Waals surface area contributed by atoms with E-state index in [9.17, 15) is 4.79 Å². The third-order valence-corrected chi connectivity index (χ3v) is 3.99. The van der Waals surface area contributed by atoms with Crippen LogP contribution in [0.5, 0.6) is 0 Å². The molecule has 108 valence electrons. The molecule has 2 aromatic rings. The van der Waals surface area contributed by atoms with Crippen molar-refractivity contribution in [1.29, 1.82) is 0 Å². The number of carbonyl (C=O) groups is 1. The van der Waals surface area contributed by atoms with Crippen molar-refractivity contribution in [2.75, 3.05) is 13.1 Å². The average Bonchev–Trinajstić information content (AvgIpc) is 3.04. The maximum Gasteiger partial charge on any atom is 0.225 e. The first-order valence-electron chi connectivity index (χ1n) is 7.27. The van der Waals surface area contributed by atoms with E-state index in [-0.39, 0.29) is 17.7 Å². The van der Waals surface area contributed by atoms with Crippen LogP contribution in [0.3, 0.4) is 0 Å². The first kappa shape index (κ1) is 13.8. The second-order valence-corrected chi connectivity index (χ2v) is 5.36. The Kier molecular flexibility index (Phi) is 4.26. The number of hydrogen-bond acceptors (Lipinski definition) is 3. The number of pyridine rings is 1. The number of amides is 1. The molecular weight excluding hydrogens is 262 g/mol. The molecule has 2 N–H and O–H groups in total. The van der Waals surface area contributed by atoms with Crippen LogP contribution in [0.4, 0.5) is 0 Å². The molecule has 21 heavy (non-hydrogen) atoms. The van der Waals surface area contributed by atoms with Gasteiger partial charge in [0.1, 0.15) is 0 Å². The van der Waals surface area contributed by atoms with Gasteiger partial charge in [0.2, 0.25) is 5.91 Å². The monoisotopic (exact) mass is 281 g/mol. The Morgan fingerprint density at radius 2 is 1.90 bits per heavy atom. The minimum absolute atomic E-state index is 0.00534. The number of nitrogens with one attached hydrogen (secondary N) is 2. The van der Waals surface area contributed by atoms with Crippen molar-refractivity contribution in [2.45, 2.75) is 12.5 Å². The molecule has 2 unspecified atom stereocenters. The van der Waals surface area contributed by atoms with E-state index < -0.39 is 0 Å². The van der Waals surface area contributed by atoms with Gasteiger partial charge < -0.3 is 10.6 Å². The molecule has 0 bridgehead atoms. The number of rotatable bonds is 4. The molecule has 1 saturated heterocycles. The molecule has 0 saturated carbocycles. The zero-order valence-electron chi connectivity index (χ0n) is 11.8. The molecule has 1 aromatic heterocycles. The molecule has 1 fully saturated rings. The fraction of sp³-hybridized carbons (Fsp3) is 0.294. The van der Waals surface area contributed by atoms with Crippen molar-refractivity contribution < 1.29 is 4.79 Å². The summed E-state index contributed by atoms with van der Waals surface area (Å²) in [7, 11) is 0. The van der Waals surface area contributed by atoms with E-state index in [1.165, 1.54) is 5.56 Å². The van der Waals surface area contributed by atoms with Gasteiger partial charge in [0.15, 0.2) is 0 Å². The van der Waals surface area contributed by atoms with Gasteiger partial charge in [-0.1, -0.05) is 30.3 Å². The molecule has 4 nitrogen and oxygen atoms in total. The number of carbonyl (C=O) groups excluding carboxylic acids is 1. The molecule has 1 aromatic carbocycles. The first-order chi connectivity index (χ1) is 10.3. The summed E-state index contributed by atoms with van der Waals surface area (Å²) in [5.74, 6) is 0.364. The summed E-state index contributed by atoms with van der Waals surface area (Å²) in [6.45, 7) is 2.15. The second kappa shape index (κ2) is 6.50. The smallest absolute Gasteiger partial charge is 0.225 e. The summed E-state index contributed by atoms with van der Waals surface area (Å²) >= 11 is 0. The Morgan fingerprint density at radius 1 is 1.14 bits per heavy atom. The highest BCUT2D eigenvalue weighted by Gasteiger charge is 2.33. The maximum absolute atomic E-state index is 12.4. The molecule has 3 rings (SSSR count). The predicted molar refractivity (Wildman–Crippen MR) is 81.6 cm³/mol. The number of nitrogens with zero attached hydrogens (tertiary/aromatic N) is 1. The van der Waals surface area contributed by atoms with Gasteiger partial charge in [-0.05, 0) is 23.3 Å². The van der Waals surface area contributed by atoms with E-state index in [2.05, 4.69) is 27.8 Å². The topological polar surface area (TPSA) is 54.0 Å². The average molecular weight is 281 g/mol. The third kappa shape index (κ3) is 3.28. The van der Waals surface area contributed by atoms with Crippen LogP contribution >= 0.6 is 0 Å². The highest BCUT2D eigenvalue weighted by molar-refractivity contribution is 5.80. The van der Waals surface area contributed by atoms with Crippen LogP contribution in [0, 0.1) is 5.92 Å². The van der Waals surface area contributed by atoms with Crippen LogP contribution < -0.4 is 10.6 Å². The lowest BCUT2D eigenvalue weighted by Gasteiger charge is -2.18. The SMILES string of the molecule is O=C(NCc1ccncc1)C1CNCC1c1ccccc1. The summed E-state index contributed by atoms with van der Waals surface area (Å²) in [6.07, 6.45) is 3.48. The molecule has 4 heteroatoms. The van der Waals surface area contributed by atoms with Gasteiger partial charge in [-0.3, -0.25) is 9.78 Å². The van der Waals surface area contributed by atoms with Crippen molar-refractivity contribution in [3.8, 4) is 0 Å². The van der Waals surface area contributed by atoms with Crippen LogP contribution in [0.15, 0.2) is 54.9 Å². The molecule has 2 atom stereocenters. The Morgan fingerprint density at radius 3 is 2.67 bits per heavy atom. The number of aromatic nitrogens is 1. The lowest BCUT2D eigenvalue weighted by Crippen LogP contribution is -2.34. The summed E-state index contributed by atoms with van der Waals surface area (Å²) in [5.41, 5.74) is 2.30. The number of benzene rings is 1. The lowest BCUT2D eigenvalue weighted by atomic mass is 9.88. The van der Waals surface area contributed by atoms with Crippen molar-refractivity contribution >= 4 is 5.91 Å². The molecule has 1 amide bonds. The minimum atomic E-state index is -0.00534. The maximum atomic E-state index is 12.4. The van der Waals surface area contributed by atoms with Crippen LogP contribution in [0.25, 0.3) is 0 Å². The van der Waals surface area contributed by atoms with Gasteiger partial charge >= 0.3 is 0 Å². The molecule has 0 spiro atoms. The minimum Gasteiger partial charge on any atom is -0.352 e. The molecule has 0 aliphatic carbocycles. The summed E-state index contributed by atoms with van der Waals surface area (Å²) < 4.78 is 0. The van der Waals surface area contributed by atoms with Crippen LogP contribution in [-0.2, 0) is 11.3 Å². The molecular formula is C17H19N3O. The highest BCUT2D eigenvalue weighted by atomic mass is 16.1. The molecule has 1 aliphatic heterocycles. The zero-order valence-corrected chi connectivity index (χ0v) is 11.8. The summed E-state index contributed by atoms with van der Waals surface area (Å²) in [6, 6.07) is 14.1. The quantitative estimate of drug-likeness (QED) is 0.897. The third-order valence-electron chi connectivity index (χ3n) is 3.99. The molecule has 2 heterocycles. The van der Waals surface area contributed by atoms with Crippen molar-refractivity contribution in [3.63, 3.8) is 0 Å². The molecule has 0 radical (unpaired) electrons. The lowest BCUT2D eigenvalue weighted by molar-refractivity contribution is -0.125. The fourth-order valence-corrected chi connectivity index (χ4v) is 2.83. The zero-order chi connectivity index (χ0) is 14.5. The fourth-order valence-electron chi connectivity index (χ4n) is 2.83. The van der Waals surface area contributed by atoms with E-state index in [1.807, 2.05) is 30.3 Å². The Labute approximate surface area is 124 Å². The van der Waals surface area contributed by atoms with E-state index in [0.717, 1.165) is 18.7 Å². The van der Waals surface area contributed by atoms with E-state index in [0.29, 0.717) is 6.54 Å². The molecule has 1 aliphatic rings. The largest absolute Gasteiger partial charge is 0.352 e. The van der Waals surface area contributed by atoms with Crippen LogP contribution in [0.1, 0.15) is 17.0 Å². The van der Waals surface area contributed by atoms with Crippen molar-refractivity contribution in [1.82, 2.24) is 15.6 Å². The van der Waals surface area contributed by atoms with Gasteiger partial charge in [-0.15, -0.1) is 0 Å².